The zero-order valence-electron chi connectivity index (χ0n) is 11.8. The van der Waals surface area contributed by atoms with E-state index in [9.17, 15) is 25.9 Å². The molecule has 1 unspecified atom stereocenters. The third-order valence-electron chi connectivity index (χ3n) is 2.43. The Labute approximate surface area is 160 Å². The molecule has 0 aliphatic rings. The largest absolute Gasteiger partial charge is 1.00 e. The van der Waals surface area contributed by atoms with Crippen LogP contribution in [0.15, 0.2) is 0 Å². The predicted molar refractivity (Wildman–Crippen MR) is 61.4 cm³/mol. The maximum atomic E-state index is 10.8. The second kappa shape index (κ2) is 12.4. The summed E-state index contributed by atoms with van der Waals surface area (Å²) in [6.45, 7) is 2.02. The molecule has 0 aromatic carbocycles. The van der Waals surface area contributed by atoms with E-state index >= 15 is 0 Å². The molecule has 6 nitrogen and oxygen atoms in total. The molecule has 0 aromatic heterocycles. The summed E-state index contributed by atoms with van der Waals surface area (Å²) >= 11 is 0. The Balaban J connectivity index is -0.00000128. The molecule has 0 rings (SSSR count). The van der Waals surface area contributed by atoms with Gasteiger partial charge in [-0.15, -0.1) is 0 Å². The fourth-order valence-electron chi connectivity index (χ4n) is 1.51. The number of rotatable bonds is 9. The second-order valence-corrected chi connectivity index (χ2v) is 7.14. The molecule has 0 saturated carbocycles. The number of hydrogen-bond donors (Lipinski definition) is 0. The molecule has 0 aliphatic heterocycles. The molecule has 0 heterocycles. The summed E-state index contributed by atoms with van der Waals surface area (Å²) in [7, 11) is -9.40. The third kappa shape index (κ3) is 16.0. The zero-order chi connectivity index (χ0) is 13.5. The normalized spacial score (nSPS) is 13.2. The van der Waals surface area contributed by atoms with Gasteiger partial charge in [-0.3, -0.25) is 0 Å². The van der Waals surface area contributed by atoms with Gasteiger partial charge in [-0.2, -0.15) is 0 Å². The topological polar surface area (TPSA) is 114 Å². The molecule has 0 aliphatic carbocycles. The number of hydrogen-bond acceptors (Lipinski definition) is 6. The van der Waals surface area contributed by atoms with Gasteiger partial charge < -0.3 is 9.11 Å². The van der Waals surface area contributed by atoms with Crippen LogP contribution in [-0.4, -0.2) is 36.9 Å². The Morgan fingerprint density at radius 2 is 1.37 bits per heavy atom. The van der Waals surface area contributed by atoms with E-state index in [4.69, 9.17) is 0 Å². The fourth-order valence-corrected chi connectivity index (χ4v) is 3.76. The average molecular weight is 332 g/mol. The van der Waals surface area contributed by atoms with Crippen LogP contribution in [0, 0.1) is 0 Å². The molecular formula is C9H18Na2O6S2. The van der Waals surface area contributed by atoms with Gasteiger partial charge in [0.15, 0.2) is 0 Å². The van der Waals surface area contributed by atoms with Crippen LogP contribution in [0.2, 0.25) is 0 Å². The van der Waals surface area contributed by atoms with E-state index in [-0.39, 0.29) is 65.5 Å². The molecule has 10 heteroatoms. The van der Waals surface area contributed by atoms with Crippen molar-refractivity contribution in [1.82, 2.24) is 0 Å². The van der Waals surface area contributed by atoms with Crippen LogP contribution in [0.5, 0.6) is 0 Å². The molecule has 0 spiro atoms. The van der Waals surface area contributed by atoms with Crippen molar-refractivity contribution in [2.45, 2.75) is 50.7 Å². The summed E-state index contributed by atoms with van der Waals surface area (Å²) in [5, 5.41) is -1.60. The zero-order valence-corrected chi connectivity index (χ0v) is 17.4. The monoisotopic (exact) mass is 332 g/mol. The van der Waals surface area contributed by atoms with Crippen molar-refractivity contribution in [3.63, 3.8) is 0 Å². The summed E-state index contributed by atoms with van der Waals surface area (Å²) in [6.07, 6.45) is 4.07. The summed E-state index contributed by atoms with van der Waals surface area (Å²) in [5.41, 5.74) is 0. The average Bonchev–Trinajstić information content (AvgIpc) is 2.12. The van der Waals surface area contributed by atoms with Crippen LogP contribution in [0.1, 0.15) is 45.4 Å². The van der Waals surface area contributed by atoms with Crippen molar-refractivity contribution in [2.75, 3.05) is 5.75 Å². The van der Waals surface area contributed by atoms with E-state index in [1.165, 1.54) is 0 Å². The summed E-state index contributed by atoms with van der Waals surface area (Å²) in [4.78, 5) is 0. The Morgan fingerprint density at radius 3 is 1.74 bits per heavy atom. The van der Waals surface area contributed by atoms with Gasteiger partial charge in [-0.25, -0.2) is 16.8 Å². The van der Waals surface area contributed by atoms with Gasteiger partial charge in [0.05, 0.1) is 31.2 Å². The van der Waals surface area contributed by atoms with Gasteiger partial charge in [-0.1, -0.05) is 39.0 Å². The van der Waals surface area contributed by atoms with E-state index < -0.39 is 31.2 Å². The Bertz CT molecular complexity index is 406. The Morgan fingerprint density at radius 1 is 0.895 bits per heavy atom. The van der Waals surface area contributed by atoms with Crippen LogP contribution in [0.25, 0.3) is 0 Å². The minimum absolute atomic E-state index is 0. The molecule has 0 aromatic rings. The molecule has 19 heavy (non-hydrogen) atoms. The summed E-state index contributed by atoms with van der Waals surface area (Å²) in [5.74, 6) is -1.12. The van der Waals surface area contributed by atoms with E-state index in [1.807, 2.05) is 6.92 Å². The minimum Gasteiger partial charge on any atom is -0.748 e. The summed E-state index contributed by atoms with van der Waals surface area (Å²) < 4.78 is 63.7. The fraction of sp³-hybridized carbons (Fsp3) is 1.00. The van der Waals surface area contributed by atoms with Crippen LogP contribution in [0.4, 0.5) is 0 Å². The number of unbranched alkanes of at least 4 members (excludes halogenated alkanes) is 4. The molecule has 0 saturated heterocycles. The van der Waals surface area contributed by atoms with Gasteiger partial charge >= 0.3 is 59.1 Å². The van der Waals surface area contributed by atoms with Crippen molar-refractivity contribution in [3.05, 3.63) is 0 Å². The van der Waals surface area contributed by atoms with E-state index in [0.29, 0.717) is 6.42 Å². The second-order valence-electron chi connectivity index (χ2n) is 4.04. The molecule has 0 amide bonds. The van der Waals surface area contributed by atoms with E-state index in [1.54, 1.807) is 0 Å². The van der Waals surface area contributed by atoms with Crippen LogP contribution in [-0.2, 0) is 20.2 Å². The molecule has 104 valence electrons. The Kier molecular flexibility index (Phi) is 16.8. The molecular weight excluding hydrogens is 314 g/mol. The van der Waals surface area contributed by atoms with Crippen molar-refractivity contribution in [1.29, 1.82) is 0 Å². The van der Waals surface area contributed by atoms with Gasteiger partial charge in [0.1, 0.15) is 0 Å². The smallest absolute Gasteiger partial charge is 0.748 e. The standard InChI is InChI=1S/C9H20O6S2.2Na/c1-2-3-4-5-6-7-9(17(13,14)15)8-16(10,11)12;;/h9H,2-8H2,1H3,(H,10,11,12)(H,13,14,15);;/q;2*+1/p-2. The van der Waals surface area contributed by atoms with Gasteiger partial charge in [0, 0.05) is 0 Å². The van der Waals surface area contributed by atoms with Crippen molar-refractivity contribution in [3.8, 4) is 0 Å². The maximum absolute atomic E-state index is 10.8. The third-order valence-corrected chi connectivity index (χ3v) is 4.67. The minimum atomic E-state index is -4.72. The van der Waals surface area contributed by atoms with Crippen molar-refractivity contribution < 1.29 is 85.1 Å². The van der Waals surface area contributed by atoms with Crippen molar-refractivity contribution >= 4 is 20.2 Å². The molecule has 1 atom stereocenters. The van der Waals surface area contributed by atoms with Gasteiger partial charge in [0.25, 0.3) is 0 Å². The quantitative estimate of drug-likeness (QED) is 0.237. The first kappa shape index (κ1) is 25.8. The van der Waals surface area contributed by atoms with Crippen LogP contribution in [0.3, 0.4) is 0 Å². The van der Waals surface area contributed by atoms with Gasteiger partial charge in [0.2, 0.25) is 0 Å². The first-order chi connectivity index (χ1) is 7.67. The van der Waals surface area contributed by atoms with E-state index in [0.717, 1.165) is 25.7 Å². The molecule has 0 N–H and O–H groups in total. The summed E-state index contributed by atoms with van der Waals surface area (Å²) in [6, 6.07) is 0. The molecule has 0 radical (unpaired) electrons. The molecule has 0 fully saturated rings. The van der Waals surface area contributed by atoms with E-state index in [2.05, 4.69) is 0 Å². The first-order valence-corrected chi connectivity index (χ1v) is 8.60. The van der Waals surface area contributed by atoms with Gasteiger partial charge in [-0.05, 0) is 6.42 Å². The maximum Gasteiger partial charge on any atom is 1.00 e. The SMILES string of the molecule is CCCCCCCC(CS(=O)(=O)[O-])S(=O)(=O)[O-].[Na+].[Na+]. The first-order valence-electron chi connectivity index (χ1n) is 5.55. The van der Waals surface area contributed by atoms with Crippen LogP contribution >= 0.6 is 0 Å². The predicted octanol–water partition coefficient (Wildman–Crippen LogP) is -5.19. The van der Waals surface area contributed by atoms with Crippen LogP contribution < -0.4 is 59.1 Å². The Hall–Kier alpha value is 1.82. The van der Waals surface area contributed by atoms with Crippen molar-refractivity contribution in [2.24, 2.45) is 0 Å². The molecule has 0 bridgehead atoms.